The predicted molar refractivity (Wildman–Crippen MR) is 175 cm³/mol. The van der Waals surface area contributed by atoms with Crippen molar-refractivity contribution in [3.05, 3.63) is 120 Å². The molecule has 0 amide bonds. The second kappa shape index (κ2) is 11.6. The van der Waals surface area contributed by atoms with Crippen molar-refractivity contribution in [2.45, 2.75) is 46.1 Å². The summed E-state index contributed by atoms with van der Waals surface area (Å²) in [5.74, 6) is 1.49. The Balaban J connectivity index is 0.000000154. The molecule has 0 aliphatic carbocycles. The van der Waals surface area contributed by atoms with E-state index in [1.54, 1.807) is 6.20 Å². The van der Waals surface area contributed by atoms with Crippen molar-refractivity contribution in [1.82, 2.24) is 19.5 Å². The third-order valence-corrected chi connectivity index (χ3v) is 8.03. The smallest absolute Gasteiger partial charge is 0.216 e. The van der Waals surface area contributed by atoms with Gasteiger partial charge in [0.25, 0.3) is 0 Å². The van der Waals surface area contributed by atoms with Crippen LogP contribution in [0.5, 0.6) is 0 Å². The Morgan fingerprint density at radius 3 is 2.48 bits per heavy atom. The summed E-state index contributed by atoms with van der Waals surface area (Å²) < 4.78 is 8.29. The Morgan fingerprint density at radius 2 is 1.73 bits per heavy atom. The van der Waals surface area contributed by atoms with Crippen LogP contribution in [-0.2, 0) is 25.6 Å². The number of hydrogen-bond acceptors (Lipinski definition) is 4. The number of pyridine rings is 2. The Labute approximate surface area is 271 Å². The van der Waals surface area contributed by atoms with E-state index in [4.69, 9.17) is 9.40 Å². The molecule has 0 spiro atoms. The van der Waals surface area contributed by atoms with Crippen LogP contribution < -0.4 is 0 Å². The molecule has 0 saturated heterocycles. The number of fused-ring (bicyclic) bond motifs is 3. The molecule has 8 rings (SSSR count). The summed E-state index contributed by atoms with van der Waals surface area (Å²) in [6.07, 6.45) is 6.29. The molecule has 6 heteroatoms. The number of imidazole rings is 1. The van der Waals surface area contributed by atoms with E-state index in [9.17, 15) is 0 Å². The Morgan fingerprint density at radius 1 is 0.886 bits per heavy atom. The summed E-state index contributed by atoms with van der Waals surface area (Å²) in [6, 6.07) is 32.9. The summed E-state index contributed by atoms with van der Waals surface area (Å²) in [4.78, 5) is 13.8. The molecule has 3 aromatic carbocycles. The number of allylic oxidation sites excluding steroid dienone is 1. The first-order valence-electron chi connectivity index (χ1n) is 14.7. The first kappa shape index (κ1) is 29.7. The molecule has 7 aromatic rings. The van der Waals surface area contributed by atoms with Gasteiger partial charge in [-0.15, -0.1) is 54.1 Å². The number of nitrogens with zero attached hydrogens (tertiary/aromatic N) is 4. The van der Waals surface area contributed by atoms with Crippen molar-refractivity contribution >= 4 is 39.2 Å². The van der Waals surface area contributed by atoms with Gasteiger partial charge in [-0.05, 0) is 73.8 Å². The van der Waals surface area contributed by atoms with Crippen molar-refractivity contribution in [1.29, 1.82) is 0 Å². The number of benzene rings is 3. The number of aryl methyl sites for hydroxylation is 1. The minimum Gasteiger partial charge on any atom is -0.486 e. The van der Waals surface area contributed by atoms with Gasteiger partial charge in [-0.1, -0.05) is 49.1 Å². The van der Waals surface area contributed by atoms with E-state index in [-0.39, 0.29) is 25.6 Å². The van der Waals surface area contributed by atoms with Gasteiger partial charge in [0, 0.05) is 37.4 Å². The molecule has 5 heterocycles. The molecule has 0 fully saturated rings. The van der Waals surface area contributed by atoms with Gasteiger partial charge in [0.15, 0.2) is 0 Å². The zero-order valence-corrected chi connectivity index (χ0v) is 27.7. The molecular weight excluding hydrogens is 721 g/mol. The third kappa shape index (κ3) is 5.19. The summed E-state index contributed by atoms with van der Waals surface area (Å²) in [5, 5.41) is 2.07. The minimum atomic E-state index is -0.0971. The predicted octanol–water partition coefficient (Wildman–Crippen LogP) is 9.54. The summed E-state index contributed by atoms with van der Waals surface area (Å²) in [6.45, 7) is 10.9. The molecule has 1 radical (unpaired) electrons. The van der Waals surface area contributed by atoms with E-state index >= 15 is 0 Å². The van der Waals surface area contributed by atoms with Gasteiger partial charge in [-0.3, -0.25) is 4.98 Å². The van der Waals surface area contributed by atoms with Crippen LogP contribution in [-0.4, -0.2) is 19.5 Å². The average Bonchev–Trinajstić information content (AvgIpc) is 3.60. The molecule has 1 aliphatic heterocycles. The first-order valence-corrected chi connectivity index (χ1v) is 14.7. The SMILES string of the molecule is CC(C)c1cc2c3c(c1)nc(-c1[c-]cccc1)n3C(C)(C)C=C2.Cc1ccc2c(n1)oc1c(-c3ccccn3)[c-]ccc12.[Ir]. The third-order valence-electron chi connectivity index (χ3n) is 8.03. The summed E-state index contributed by atoms with van der Waals surface area (Å²) in [5.41, 5.74) is 9.99. The second-order valence-corrected chi connectivity index (χ2v) is 11.9. The number of furan rings is 1. The van der Waals surface area contributed by atoms with Gasteiger partial charge < -0.3 is 14.0 Å². The molecule has 221 valence electrons. The number of hydrogen-bond donors (Lipinski definition) is 0. The fraction of sp³-hybridized carbons (Fsp3) is 0.184. The molecule has 0 N–H and O–H groups in total. The van der Waals surface area contributed by atoms with E-state index in [0.717, 1.165) is 50.2 Å². The average molecular weight is 753 g/mol. The van der Waals surface area contributed by atoms with Gasteiger partial charge in [0.05, 0.1) is 28.0 Å². The van der Waals surface area contributed by atoms with E-state index in [1.807, 2.05) is 67.6 Å². The van der Waals surface area contributed by atoms with Gasteiger partial charge >= 0.3 is 0 Å². The van der Waals surface area contributed by atoms with Crippen LogP contribution in [0.25, 0.3) is 61.8 Å². The quantitative estimate of drug-likeness (QED) is 0.169. The van der Waals surface area contributed by atoms with Crippen LogP contribution in [0.4, 0.5) is 0 Å². The van der Waals surface area contributed by atoms with Crippen molar-refractivity contribution in [3.8, 4) is 22.6 Å². The number of rotatable bonds is 3. The second-order valence-electron chi connectivity index (χ2n) is 11.9. The van der Waals surface area contributed by atoms with Gasteiger partial charge in [-0.2, -0.15) is 0 Å². The zero-order chi connectivity index (χ0) is 29.7. The van der Waals surface area contributed by atoms with Crippen LogP contribution in [0.2, 0.25) is 0 Å². The molecule has 1 aliphatic rings. The molecule has 5 nitrogen and oxygen atoms in total. The van der Waals surface area contributed by atoms with Crippen LogP contribution in [0.1, 0.15) is 50.4 Å². The number of aromatic nitrogens is 4. The molecule has 44 heavy (non-hydrogen) atoms. The molecule has 0 bridgehead atoms. The maximum Gasteiger partial charge on any atom is 0.216 e. The van der Waals surface area contributed by atoms with E-state index < -0.39 is 0 Å². The van der Waals surface area contributed by atoms with E-state index in [0.29, 0.717) is 11.6 Å². The summed E-state index contributed by atoms with van der Waals surface area (Å²) >= 11 is 0. The topological polar surface area (TPSA) is 56.7 Å². The van der Waals surface area contributed by atoms with Crippen molar-refractivity contribution in [3.63, 3.8) is 0 Å². The van der Waals surface area contributed by atoms with Gasteiger partial charge in [-0.25, -0.2) is 4.98 Å². The van der Waals surface area contributed by atoms with Gasteiger partial charge in [0.2, 0.25) is 5.71 Å². The Bertz CT molecular complexity index is 2140. The maximum atomic E-state index is 5.94. The Kier molecular flexibility index (Phi) is 7.83. The van der Waals surface area contributed by atoms with E-state index in [2.05, 4.69) is 84.7 Å². The first-order chi connectivity index (χ1) is 20.8. The molecule has 4 aromatic heterocycles. The van der Waals surface area contributed by atoms with Crippen molar-refractivity contribution in [2.24, 2.45) is 0 Å². The minimum absolute atomic E-state index is 0. The van der Waals surface area contributed by atoms with Gasteiger partial charge in [0.1, 0.15) is 0 Å². The monoisotopic (exact) mass is 753 g/mol. The van der Waals surface area contributed by atoms with Crippen molar-refractivity contribution < 1.29 is 24.5 Å². The standard InChI is InChI=1S/C21H21N2.C17H11N2O.Ir/c1-14(2)17-12-16-10-11-21(3,4)23-19(16)18(13-17)22-20(23)15-8-6-5-7-9-15;1-11-8-9-13-12-5-4-6-14(15-7-2-3-10-18-15)16(12)20-17(13)19-11;/h5-8,10-14H,1-4H3;2-5,7-10H,1H3;/q2*-1;. The zero-order valence-electron chi connectivity index (χ0n) is 25.3. The fourth-order valence-electron chi connectivity index (χ4n) is 5.78. The molecule has 0 atom stereocenters. The fourth-order valence-corrected chi connectivity index (χ4v) is 5.78. The molecule has 0 unspecified atom stereocenters. The molecule has 0 saturated carbocycles. The van der Waals surface area contributed by atoms with Crippen LogP contribution in [0.15, 0.2) is 95.6 Å². The summed E-state index contributed by atoms with van der Waals surface area (Å²) in [7, 11) is 0. The van der Waals surface area contributed by atoms with Crippen molar-refractivity contribution in [2.75, 3.05) is 0 Å². The van der Waals surface area contributed by atoms with Crippen LogP contribution in [0, 0.1) is 19.1 Å². The van der Waals surface area contributed by atoms with Crippen LogP contribution >= 0.6 is 0 Å². The molecular formula is C38H32IrN4O-2. The van der Waals surface area contributed by atoms with E-state index in [1.165, 1.54) is 16.6 Å². The van der Waals surface area contributed by atoms with Crippen LogP contribution in [0.3, 0.4) is 0 Å². The normalized spacial score (nSPS) is 13.2. The Hall–Kier alpha value is -4.38. The largest absolute Gasteiger partial charge is 0.486 e. The maximum absolute atomic E-state index is 5.94.